The molecule has 2 aromatic rings. The van der Waals surface area contributed by atoms with Crippen molar-refractivity contribution in [2.24, 2.45) is 0 Å². The minimum atomic E-state index is -0.164. The Labute approximate surface area is 112 Å². The molecule has 0 saturated carbocycles. The lowest BCUT2D eigenvalue weighted by atomic mass is 10.2. The Kier molecular flexibility index (Phi) is 4.07. The van der Waals surface area contributed by atoms with Crippen molar-refractivity contribution in [2.75, 3.05) is 12.4 Å². The molecule has 0 aromatic carbocycles. The highest BCUT2D eigenvalue weighted by atomic mass is 16.1. The van der Waals surface area contributed by atoms with Gasteiger partial charge in [0.05, 0.1) is 17.8 Å². The van der Waals surface area contributed by atoms with Gasteiger partial charge in [0.15, 0.2) is 0 Å². The molecule has 98 valence electrons. The number of amides is 1. The SMILES string of the molecule is CNc1ccncc1C(=O)NCc1ncccc1C. The number of nitrogens with one attached hydrogen (secondary N) is 2. The zero-order valence-electron chi connectivity index (χ0n) is 11.0. The van der Waals surface area contributed by atoms with Gasteiger partial charge >= 0.3 is 0 Å². The smallest absolute Gasteiger partial charge is 0.255 e. The van der Waals surface area contributed by atoms with E-state index >= 15 is 0 Å². The van der Waals surface area contributed by atoms with Gasteiger partial charge in [0, 0.05) is 31.3 Å². The minimum Gasteiger partial charge on any atom is -0.387 e. The molecule has 5 heteroatoms. The van der Waals surface area contributed by atoms with Gasteiger partial charge in [-0.2, -0.15) is 0 Å². The van der Waals surface area contributed by atoms with Gasteiger partial charge in [-0.25, -0.2) is 0 Å². The Hall–Kier alpha value is -2.43. The first-order chi connectivity index (χ1) is 9.22. The first-order valence-corrected chi connectivity index (χ1v) is 6.03. The van der Waals surface area contributed by atoms with E-state index in [1.165, 1.54) is 0 Å². The van der Waals surface area contributed by atoms with Crippen molar-refractivity contribution in [3.05, 3.63) is 53.6 Å². The van der Waals surface area contributed by atoms with Gasteiger partial charge in [-0.15, -0.1) is 0 Å². The van der Waals surface area contributed by atoms with Crippen LogP contribution < -0.4 is 10.6 Å². The van der Waals surface area contributed by atoms with Gasteiger partial charge in [0.25, 0.3) is 5.91 Å². The molecule has 2 rings (SSSR count). The molecular weight excluding hydrogens is 240 g/mol. The van der Waals surface area contributed by atoms with Crippen LogP contribution in [0.2, 0.25) is 0 Å². The molecule has 0 aliphatic rings. The monoisotopic (exact) mass is 256 g/mol. The van der Waals surface area contributed by atoms with Crippen molar-refractivity contribution >= 4 is 11.6 Å². The fourth-order valence-corrected chi connectivity index (χ4v) is 1.76. The standard InChI is InChI=1S/C14H16N4O/c1-10-4-3-6-17-13(10)9-18-14(19)11-8-16-7-5-12(11)15-2/h3-8H,9H2,1-2H3,(H,15,16)(H,18,19). The third-order valence-electron chi connectivity index (χ3n) is 2.87. The summed E-state index contributed by atoms with van der Waals surface area (Å²) in [6.45, 7) is 2.38. The van der Waals surface area contributed by atoms with Crippen molar-refractivity contribution in [2.45, 2.75) is 13.5 Å². The molecule has 1 amide bonds. The predicted octanol–water partition coefficient (Wildman–Crippen LogP) is 1.76. The summed E-state index contributed by atoms with van der Waals surface area (Å²) in [6, 6.07) is 5.61. The molecule has 0 aliphatic heterocycles. The zero-order valence-corrected chi connectivity index (χ0v) is 11.0. The summed E-state index contributed by atoms with van der Waals surface area (Å²) < 4.78 is 0. The molecular formula is C14H16N4O. The Morgan fingerprint density at radius 2 is 2.16 bits per heavy atom. The Morgan fingerprint density at radius 3 is 2.89 bits per heavy atom. The second-order valence-corrected chi connectivity index (χ2v) is 4.12. The van der Waals surface area contributed by atoms with E-state index in [-0.39, 0.29) is 5.91 Å². The first-order valence-electron chi connectivity index (χ1n) is 6.03. The second-order valence-electron chi connectivity index (χ2n) is 4.12. The predicted molar refractivity (Wildman–Crippen MR) is 73.9 cm³/mol. The molecule has 5 nitrogen and oxygen atoms in total. The molecule has 0 fully saturated rings. The Balaban J connectivity index is 2.08. The molecule has 0 spiro atoms. The van der Waals surface area contributed by atoms with Crippen molar-refractivity contribution < 1.29 is 4.79 Å². The fourth-order valence-electron chi connectivity index (χ4n) is 1.76. The number of nitrogens with zero attached hydrogens (tertiary/aromatic N) is 2. The number of hydrogen-bond acceptors (Lipinski definition) is 4. The molecule has 0 aliphatic carbocycles. The van der Waals surface area contributed by atoms with Crippen LogP contribution in [-0.4, -0.2) is 22.9 Å². The maximum absolute atomic E-state index is 12.1. The number of rotatable bonds is 4. The van der Waals surface area contributed by atoms with Crippen LogP contribution in [0.5, 0.6) is 0 Å². The van der Waals surface area contributed by atoms with E-state index in [0.717, 1.165) is 16.9 Å². The van der Waals surface area contributed by atoms with Crippen molar-refractivity contribution in [3.8, 4) is 0 Å². The number of pyridine rings is 2. The third kappa shape index (κ3) is 3.07. The average molecular weight is 256 g/mol. The highest BCUT2D eigenvalue weighted by Gasteiger charge is 2.10. The lowest BCUT2D eigenvalue weighted by Gasteiger charge is -2.09. The van der Waals surface area contributed by atoms with E-state index in [0.29, 0.717) is 12.1 Å². The van der Waals surface area contributed by atoms with Crippen LogP contribution in [0.25, 0.3) is 0 Å². The fraction of sp³-hybridized carbons (Fsp3) is 0.214. The number of carbonyl (C=O) groups excluding carboxylic acids is 1. The highest BCUT2D eigenvalue weighted by molar-refractivity contribution is 5.99. The maximum atomic E-state index is 12.1. The number of aryl methyl sites for hydroxylation is 1. The van der Waals surface area contributed by atoms with Crippen LogP contribution in [-0.2, 0) is 6.54 Å². The van der Waals surface area contributed by atoms with Crippen LogP contribution in [0.1, 0.15) is 21.6 Å². The van der Waals surface area contributed by atoms with Gasteiger partial charge in [-0.3, -0.25) is 14.8 Å². The number of hydrogen-bond donors (Lipinski definition) is 2. The minimum absolute atomic E-state index is 0.164. The van der Waals surface area contributed by atoms with E-state index in [2.05, 4.69) is 20.6 Å². The third-order valence-corrected chi connectivity index (χ3v) is 2.87. The van der Waals surface area contributed by atoms with Crippen LogP contribution >= 0.6 is 0 Å². The molecule has 0 unspecified atom stereocenters. The van der Waals surface area contributed by atoms with Crippen LogP contribution in [0, 0.1) is 6.92 Å². The number of aromatic nitrogens is 2. The summed E-state index contributed by atoms with van der Waals surface area (Å²) >= 11 is 0. The van der Waals surface area contributed by atoms with Crippen molar-refractivity contribution in [3.63, 3.8) is 0 Å². The van der Waals surface area contributed by atoms with Crippen LogP contribution in [0.4, 0.5) is 5.69 Å². The van der Waals surface area contributed by atoms with E-state index in [1.807, 2.05) is 19.1 Å². The van der Waals surface area contributed by atoms with Gasteiger partial charge in [0.1, 0.15) is 0 Å². The number of carbonyl (C=O) groups is 1. The van der Waals surface area contributed by atoms with Crippen molar-refractivity contribution in [1.82, 2.24) is 15.3 Å². The molecule has 0 atom stereocenters. The number of anilines is 1. The van der Waals surface area contributed by atoms with Gasteiger partial charge < -0.3 is 10.6 Å². The normalized spacial score (nSPS) is 10.0. The molecule has 0 saturated heterocycles. The quantitative estimate of drug-likeness (QED) is 0.874. The van der Waals surface area contributed by atoms with E-state index < -0.39 is 0 Å². The lowest BCUT2D eigenvalue weighted by Crippen LogP contribution is -2.24. The molecule has 2 heterocycles. The van der Waals surface area contributed by atoms with Crippen molar-refractivity contribution in [1.29, 1.82) is 0 Å². The Morgan fingerprint density at radius 1 is 1.32 bits per heavy atom. The largest absolute Gasteiger partial charge is 0.387 e. The summed E-state index contributed by atoms with van der Waals surface area (Å²) in [5, 5.41) is 5.82. The first kappa shape index (κ1) is 13.0. The van der Waals surface area contributed by atoms with Crippen LogP contribution in [0.15, 0.2) is 36.8 Å². The summed E-state index contributed by atoms with van der Waals surface area (Å²) in [5.74, 6) is -0.164. The lowest BCUT2D eigenvalue weighted by molar-refractivity contribution is 0.0951. The molecule has 2 aromatic heterocycles. The zero-order chi connectivity index (χ0) is 13.7. The second kappa shape index (κ2) is 5.95. The van der Waals surface area contributed by atoms with Gasteiger partial charge in [-0.05, 0) is 24.6 Å². The average Bonchev–Trinajstić information content (AvgIpc) is 2.46. The van der Waals surface area contributed by atoms with E-state index in [1.54, 1.807) is 31.7 Å². The summed E-state index contributed by atoms with van der Waals surface area (Å²) in [4.78, 5) is 20.3. The topological polar surface area (TPSA) is 66.9 Å². The Bertz CT molecular complexity index is 583. The van der Waals surface area contributed by atoms with E-state index in [4.69, 9.17) is 0 Å². The summed E-state index contributed by atoms with van der Waals surface area (Å²) in [6.07, 6.45) is 4.91. The van der Waals surface area contributed by atoms with Crippen LogP contribution in [0.3, 0.4) is 0 Å². The molecule has 19 heavy (non-hydrogen) atoms. The summed E-state index contributed by atoms with van der Waals surface area (Å²) in [5.41, 5.74) is 3.21. The highest BCUT2D eigenvalue weighted by Crippen LogP contribution is 2.12. The van der Waals surface area contributed by atoms with E-state index in [9.17, 15) is 4.79 Å². The molecule has 2 N–H and O–H groups in total. The van der Waals surface area contributed by atoms with Gasteiger partial charge in [-0.1, -0.05) is 6.07 Å². The molecule has 0 bridgehead atoms. The summed E-state index contributed by atoms with van der Waals surface area (Å²) in [7, 11) is 1.77. The molecule has 0 radical (unpaired) electrons. The maximum Gasteiger partial charge on any atom is 0.255 e. The van der Waals surface area contributed by atoms with Gasteiger partial charge in [0.2, 0.25) is 0 Å².